The lowest BCUT2D eigenvalue weighted by Crippen LogP contribution is -2.07. The molecule has 0 unspecified atom stereocenters. The van der Waals surface area contributed by atoms with Gasteiger partial charge in [-0.05, 0) is 42.8 Å². The molecule has 4 aromatic rings. The lowest BCUT2D eigenvalue weighted by atomic mass is 10.0. The molecule has 5 rings (SSSR count). The number of fused-ring (bicyclic) bond motifs is 2. The summed E-state index contributed by atoms with van der Waals surface area (Å²) in [5, 5.41) is 0.704. The Hall–Kier alpha value is -4.92. The number of para-hydroxylation sites is 1. The first kappa shape index (κ1) is 24.8. The van der Waals surface area contributed by atoms with Crippen LogP contribution in [-0.4, -0.2) is 40.2 Å². The van der Waals surface area contributed by atoms with E-state index in [0.29, 0.717) is 50.7 Å². The van der Waals surface area contributed by atoms with E-state index in [4.69, 9.17) is 32.8 Å². The third-order valence-electron chi connectivity index (χ3n) is 6.11. The van der Waals surface area contributed by atoms with Crippen LogP contribution < -0.4 is 28.4 Å². The van der Waals surface area contributed by atoms with Crippen LogP contribution in [0, 0.1) is 6.92 Å². The molecule has 38 heavy (non-hydrogen) atoms. The van der Waals surface area contributed by atoms with Crippen LogP contribution in [0.4, 0.5) is 0 Å². The number of allylic oxidation sites excluding steroid dienone is 1. The molecule has 1 aliphatic rings. The SMILES string of the molecule is COc1cc(OC)c(OC)cc1/C=C1\Oc2cc(OC(=O)c3cc4cccc(OC)c4o3)cc(C)c2C1=O. The van der Waals surface area contributed by atoms with Gasteiger partial charge in [0.25, 0.3) is 0 Å². The van der Waals surface area contributed by atoms with E-state index in [1.54, 1.807) is 55.5 Å². The van der Waals surface area contributed by atoms with Crippen molar-refractivity contribution in [1.82, 2.24) is 0 Å². The van der Waals surface area contributed by atoms with Crippen molar-refractivity contribution in [3.8, 4) is 34.5 Å². The van der Waals surface area contributed by atoms with Crippen molar-refractivity contribution >= 4 is 28.8 Å². The number of Topliss-reactive ketones (excluding diaryl/α,β-unsaturated/α-hetero) is 1. The summed E-state index contributed by atoms with van der Waals surface area (Å²) in [7, 11) is 6.07. The van der Waals surface area contributed by atoms with Crippen LogP contribution in [0.25, 0.3) is 17.0 Å². The van der Waals surface area contributed by atoms with Crippen molar-refractivity contribution in [3.63, 3.8) is 0 Å². The monoisotopic (exact) mass is 516 g/mol. The van der Waals surface area contributed by atoms with Gasteiger partial charge in [0.05, 0.1) is 34.0 Å². The van der Waals surface area contributed by atoms with E-state index in [0.717, 1.165) is 0 Å². The molecule has 9 heteroatoms. The summed E-state index contributed by atoms with van der Waals surface area (Å²) >= 11 is 0. The van der Waals surface area contributed by atoms with Gasteiger partial charge in [0.1, 0.15) is 17.2 Å². The zero-order chi connectivity index (χ0) is 27.0. The zero-order valence-electron chi connectivity index (χ0n) is 21.4. The molecule has 0 saturated heterocycles. The number of carbonyl (C=O) groups excluding carboxylic acids is 2. The molecule has 0 N–H and O–H groups in total. The minimum atomic E-state index is -0.697. The highest BCUT2D eigenvalue weighted by molar-refractivity contribution is 6.15. The molecule has 0 bridgehead atoms. The number of furan rings is 1. The van der Waals surface area contributed by atoms with Crippen LogP contribution in [0.5, 0.6) is 34.5 Å². The van der Waals surface area contributed by atoms with Crippen molar-refractivity contribution in [2.75, 3.05) is 28.4 Å². The predicted molar refractivity (Wildman–Crippen MR) is 138 cm³/mol. The Morgan fingerprint density at radius 1 is 0.842 bits per heavy atom. The minimum absolute atomic E-state index is 0.0146. The van der Waals surface area contributed by atoms with Gasteiger partial charge >= 0.3 is 5.97 Å². The van der Waals surface area contributed by atoms with Gasteiger partial charge in [0, 0.05) is 23.1 Å². The molecule has 0 spiro atoms. The highest BCUT2D eigenvalue weighted by Crippen LogP contribution is 2.40. The third kappa shape index (κ3) is 4.28. The van der Waals surface area contributed by atoms with Crippen LogP contribution in [-0.2, 0) is 0 Å². The summed E-state index contributed by atoms with van der Waals surface area (Å²) in [6.45, 7) is 1.74. The number of methoxy groups -OCH3 is 4. The molecule has 1 aliphatic heterocycles. The first-order chi connectivity index (χ1) is 18.4. The molecule has 0 atom stereocenters. The Bertz CT molecular complexity index is 1610. The standard InChI is InChI=1S/C29H24O9/c1-15-9-18(36-29(31)25-10-16-7-6-8-19(32-2)28(16)38-25)13-23-26(15)27(30)24(37-23)12-17-11-21(34-4)22(35-5)14-20(17)33-3/h6-14H,1-5H3/b24-12-. The second-order valence-electron chi connectivity index (χ2n) is 8.38. The molecule has 0 fully saturated rings. The van der Waals surface area contributed by atoms with E-state index >= 15 is 0 Å². The molecule has 9 nitrogen and oxygen atoms in total. The van der Waals surface area contributed by atoms with Crippen molar-refractivity contribution in [2.24, 2.45) is 0 Å². The van der Waals surface area contributed by atoms with Crippen molar-refractivity contribution in [1.29, 1.82) is 0 Å². The number of benzene rings is 3. The Balaban J connectivity index is 1.43. The van der Waals surface area contributed by atoms with Gasteiger partial charge in [0.2, 0.25) is 11.5 Å². The average Bonchev–Trinajstić information content (AvgIpc) is 3.49. The number of rotatable bonds is 7. The summed E-state index contributed by atoms with van der Waals surface area (Å²) in [5.74, 6) is 1.50. The fourth-order valence-corrected chi connectivity index (χ4v) is 4.30. The normalized spacial score (nSPS) is 13.3. The molecule has 0 aliphatic carbocycles. The van der Waals surface area contributed by atoms with Gasteiger partial charge in [0.15, 0.2) is 28.6 Å². The number of carbonyl (C=O) groups is 2. The average molecular weight is 517 g/mol. The Kier molecular flexibility index (Phi) is 6.42. The largest absolute Gasteiger partial charge is 0.496 e. The molecule has 3 aromatic carbocycles. The van der Waals surface area contributed by atoms with E-state index in [1.807, 2.05) is 0 Å². The quantitative estimate of drug-likeness (QED) is 0.176. The molecule has 1 aromatic heterocycles. The lowest BCUT2D eigenvalue weighted by molar-refractivity contribution is 0.0703. The smallest absolute Gasteiger partial charge is 0.379 e. The van der Waals surface area contributed by atoms with Crippen LogP contribution in [0.15, 0.2) is 58.7 Å². The fourth-order valence-electron chi connectivity index (χ4n) is 4.30. The van der Waals surface area contributed by atoms with Crippen LogP contribution in [0.1, 0.15) is 32.0 Å². The van der Waals surface area contributed by atoms with E-state index in [9.17, 15) is 9.59 Å². The summed E-state index contributed by atoms with van der Waals surface area (Å²) in [6.07, 6.45) is 1.57. The van der Waals surface area contributed by atoms with Gasteiger partial charge < -0.3 is 32.8 Å². The molecule has 2 heterocycles. The number of hydrogen-bond donors (Lipinski definition) is 0. The van der Waals surface area contributed by atoms with Crippen molar-refractivity contribution < 1.29 is 42.4 Å². The van der Waals surface area contributed by atoms with Crippen LogP contribution in [0.3, 0.4) is 0 Å². The van der Waals surface area contributed by atoms with Gasteiger partial charge in [-0.15, -0.1) is 0 Å². The number of esters is 1. The highest BCUT2D eigenvalue weighted by atomic mass is 16.6. The Morgan fingerprint density at radius 2 is 1.55 bits per heavy atom. The first-order valence-electron chi connectivity index (χ1n) is 11.5. The van der Waals surface area contributed by atoms with Crippen molar-refractivity contribution in [2.45, 2.75) is 6.92 Å². The fraction of sp³-hybridized carbons (Fsp3) is 0.172. The first-order valence-corrected chi connectivity index (χ1v) is 11.5. The summed E-state index contributed by atoms with van der Waals surface area (Å²) in [5.41, 5.74) is 1.97. The molecule has 194 valence electrons. The number of ether oxygens (including phenoxy) is 6. The van der Waals surface area contributed by atoms with Crippen LogP contribution in [0.2, 0.25) is 0 Å². The topological polar surface area (TPSA) is 103 Å². The molecule has 0 amide bonds. The number of ketones is 1. The number of aryl methyl sites for hydroxylation is 1. The Labute approximate surface area is 218 Å². The molecule has 0 saturated carbocycles. The summed E-state index contributed by atoms with van der Waals surface area (Å²) in [6, 6.07) is 13.4. The van der Waals surface area contributed by atoms with E-state index in [-0.39, 0.29) is 28.8 Å². The molecular formula is C29H24O9. The number of hydrogen-bond acceptors (Lipinski definition) is 9. The minimum Gasteiger partial charge on any atom is -0.496 e. The second kappa shape index (κ2) is 9.85. The summed E-state index contributed by atoms with van der Waals surface area (Å²) < 4.78 is 38.6. The van der Waals surface area contributed by atoms with E-state index < -0.39 is 5.97 Å². The maximum Gasteiger partial charge on any atom is 0.379 e. The zero-order valence-corrected chi connectivity index (χ0v) is 21.4. The summed E-state index contributed by atoms with van der Waals surface area (Å²) in [4.78, 5) is 26.0. The Morgan fingerprint density at radius 3 is 2.26 bits per heavy atom. The maximum absolute atomic E-state index is 13.2. The third-order valence-corrected chi connectivity index (χ3v) is 6.11. The van der Waals surface area contributed by atoms with Gasteiger partial charge in [-0.25, -0.2) is 4.79 Å². The van der Waals surface area contributed by atoms with Gasteiger partial charge in [-0.2, -0.15) is 0 Å². The van der Waals surface area contributed by atoms with E-state index in [1.165, 1.54) is 34.5 Å². The van der Waals surface area contributed by atoms with Crippen LogP contribution >= 0.6 is 0 Å². The molecule has 0 radical (unpaired) electrons. The van der Waals surface area contributed by atoms with E-state index in [2.05, 4.69) is 0 Å². The van der Waals surface area contributed by atoms with Gasteiger partial charge in [-0.3, -0.25) is 4.79 Å². The maximum atomic E-state index is 13.2. The van der Waals surface area contributed by atoms with Crippen molar-refractivity contribution in [3.05, 3.63) is 76.7 Å². The van der Waals surface area contributed by atoms with Gasteiger partial charge in [-0.1, -0.05) is 12.1 Å². The molecular weight excluding hydrogens is 492 g/mol. The second-order valence-corrected chi connectivity index (χ2v) is 8.38. The highest BCUT2D eigenvalue weighted by Gasteiger charge is 2.31. The predicted octanol–water partition coefficient (Wildman–Crippen LogP) is 5.61. The lowest BCUT2D eigenvalue weighted by Gasteiger charge is -2.12.